The minimum atomic E-state index is -0.414. The van der Waals surface area contributed by atoms with Crippen LogP contribution in [-0.2, 0) is 0 Å². The molecule has 2 nitrogen and oxygen atoms in total. The van der Waals surface area contributed by atoms with Crippen molar-refractivity contribution in [3.05, 3.63) is 42.0 Å². The van der Waals surface area contributed by atoms with Gasteiger partial charge >= 0.3 is 0 Å². The second kappa shape index (κ2) is 5.87. The molecular weight excluding hydrogens is 212 g/mol. The predicted octanol–water partition coefficient (Wildman–Crippen LogP) is 3.48. The van der Waals surface area contributed by atoms with E-state index in [0.717, 1.165) is 30.6 Å². The van der Waals surface area contributed by atoms with Crippen LogP contribution in [0.15, 0.2) is 36.4 Å². The summed E-state index contributed by atoms with van der Waals surface area (Å²) in [6.07, 6.45) is 7.03. The lowest BCUT2D eigenvalue weighted by atomic mass is 9.86. The van der Waals surface area contributed by atoms with E-state index in [9.17, 15) is 5.11 Å². The number of rotatable bonds is 4. The van der Waals surface area contributed by atoms with Crippen molar-refractivity contribution in [3.63, 3.8) is 0 Å². The molecule has 0 amide bonds. The lowest BCUT2D eigenvalue weighted by molar-refractivity contribution is 0.0989. The Balaban J connectivity index is 2.17. The molecule has 1 aliphatic carbocycles. The van der Waals surface area contributed by atoms with Gasteiger partial charge in [0.15, 0.2) is 0 Å². The van der Waals surface area contributed by atoms with Gasteiger partial charge in [0.25, 0.3) is 0 Å². The number of allylic oxidation sites excluding steroid dienone is 2. The Bertz CT molecular complexity index is 384. The van der Waals surface area contributed by atoms with Gasteiger partial charge in [0.05, 0.1) is 12.7 Å². The Hall–Kier alpha value is -1.28. The summed E-state index contributed by atoms with van der Waals surface area (Å²) >= 11 is 0. The molecule has 17 heavy (non-hydrogen) atoms. The molecule has 0 radical (unpaired) electrons. The summed E-state index contributed by atoms with van der Waals surface area (Å²) in [5.74, 6) is 1.14. The highest BCUT2D eigenvalue weighted by Gasteiger charge is 2.23. The van der Waals surface area contributed by atoms with Crippen LogP contribution in [0.1, 0.15) is 37.9 Å². The molecule has 2 atom stereocenters. The van der Waals surface area contributed by atoms with Crippen LogP contribution in [0.2, 0.25) is 0 Å². The first-order chi connectivity index (χ1) is 8.33. The lowest BCUT2D eigenvalue weighted by Crippen LogP contribution is -2.15. The van der Waals surface area contributed by atoms with Gasteiger partial charge in [-0.05, 0) is 38.2 Å². The highest BCUT2D eigenvalue weighted by molar-refractivity contribution is 5.35. The lowest BCUT2D eigenvalue weighted by Gasteiger charge is -2.25. The predicted molar refractivity (Wildman–Crippen MR) is 69.1 cm³/mol. The van der Waals surface area contributed by atoms with Gasteiger partial charge < -0.3 is 9.84 Å². The minimum absolute atomic E-state index is 0.321. The molecule has 0 aliphatic heterocycles. The van der Waals surface area contributed by atoms with Gasteiger partial charge in [-0.2, -0.15) is 0 Å². The molecule has 0 aromatic heterocycles. The maximum atomic E-state index is 10.4. The highest BCUT2D eigenvalue weighted by Crippen LogP contribution is 2.35. The number of aliphatic hydroxyl groups excluding tert-OH is 1. The minimum Gasteiger partial charge on any atom is -0.493 e. The molecule has 0 spiro atoms. The molecule has 1 aromatic rings. The molecule has 0 fully saturated rings. The molecule has 0 saturated carbocycles. The average molecular weight is 232 g/mol. The van der Waals surface area contributed by atoms with Gasteiger partial charge in [0.2, 0.25) is 0 Å². The first kappa shape index (κ1) is 12.2. The summed E-state index contributed by atoms with van der Waals surface area (Å²) < 4.78 is 5.57. The van der Waals surface area contributed by atoms with E-state index < -0.39 is 6.10 Å². The number of hydrogen-bond acceptors (Lipinski definition) is 2. The third-order valence-corrected chi connectivity index (χ3v) is 3.29. The molecule has 1 aromatic carbocycles. The Morgan fingerprint density at radius 3 is 2.88 bits per heavy atom. The maximum Gasteiger partial charge on any atom is 0.125 e. The Morgan fingerprint density at radius 2 is 2.18 bits per heavy atom. The molecule has 0 heterocycles. The standard InChI is InChI=1S/C15H20O2/c1-2-17-14-11-7-6-10-13(14)15(16)12-8-4-3-5-9-12/h3-4,6-7,10-12,15-16H,2,5,8-9H2,1H3. The molecule has 92 valence electrons. The number of benzene rings is 1. The van der Waals surface area contributed by atoms with E-state index in [1.807, 2.05) is 31.2 Å². The fourth-order valence-electron chi connectivity index (χ4n) is 2.37. The van der Waals surface area contributed by atoms with Crippen molar-refractivity contribution in [1.82, 2.24) is 0 Å². The molecule has 1 aliphatic rings. The summed E-state index contributed by atoms with van der Waals surface area (Å²) in [5.41, 5.74) is 0.926. The third kappa shape index (κ3) is 2.89. The second-order valence-corrected chi connectivity index (χ2v) is 4.46. The average Bonchev–Trinajstić information content (AvgIpc) is 2.40. The zero-order valence-corrected chi connectivity index (χ0v) is 10.3. The van der Waals surface area contributed by atoms with E-state index in [1.165, 1.54) is 0 Å². The van der Waals surface area contributed by atoms with Crippen LogP contribution < -0.4 is 4.74 Å². The summed E-state index contributed by atoms with van der Waals surface area (Å²) in [4.78, 5) is 0. The van der Waals surface area contributed by atoms with Gasteiger partial charge in [-0.15, -0.1) is 0 Å². The largest absolute Gasteiger partial charge is 0.493 e. The van der Waals surface area contributed by atoms with Crippen molar-refractivity contribution in [2.24, 2.45) is 5.92 Å². The van der Waals surface area contributed by atoms with Gasteiger partial charge in [0, 0.05) is 5.56 Å². The molecule has 0 bridgehead atoms. The fourth-order valence-corrected chi connectivity index (χ4v) is 2.37. The van der Waals surface area contributed by atoms with Crippen LogP contribution in [0.25, 0.3) is 0 Å². The Kier molecular flexibility index (Phi) is 4.21. The quantitative estimate of drug-likeness (QED) is 0.805. The molecular formula is C15H20O2. The zero-order chi connectivity index (χ0) is 12.1. The molecule has 2 unspecified atom stereocenters. The van der Waals surface area contributed by atoms with Gasteiger partial charge in [-0.3, -0.25) is 0 Å². The first-order valence-corrected chi connectivity index (χ1v) is 6.37. The monoisotopic (exact) mass is 232 g/mol. The van der Waals surface area contributed by atoms with Crippen LogP contribution in [-0.4, -0.2) is 11.7 Å². The van der Waals surface area contributed by atoms with Gasteiger partial charge in [-0.1, -0.05) is 30.4 Å². The highest BCUT2D eigenvalue weighted by atomic mass is 16.5. The van der Waals surface area contributed by atoms with Crippen molar-refractivity contribution >= 4 is 0 Å². The fraction of sp³-hybridized carbons (Fsp3) is 0.467. The van der Waals surface area contributed by atoms with Crippen LogP contribution in [0, 0.1) is 5.92 Å². The van der Waals surface area contributed by atoms with Crippen molar-refractivity contribution in [2.45, 2.75) is 32.3 Å². The Labute approximate surface area is 103 Å². The summed E-state index contributed by atoms with van der Waals surface area (Å²) in [6, 6.07) is 7.80. The normalized spacial score (nSPS) is 21.2. The van der Waals surface area contributed by atoms with Crippen molar-refractivity contribution in [1.29, 1.82) is 0 Å². The maximum absolute atomic E-state index is 10.4. The molecule has 2 heteroatoms. The van der Waals surface area contributed by atoms with E-state index in [-0.39, 0.29) is 0 Å². The van der Waals surface area contributed by atoms with Crippen LogP contribution >= 0.6 is 0 Å². The summed E-state index contributed by atoms with van der Waals surface area (Å²) in [7, 11) is 0. The van der Waals surface area contributed by atoms with Crippen molar-refractivity contribution in [3.8, 4) is 5.75 Å². The van der Waals surface area contributed by atoms with E-state index >= 15 is 0 Å². The number of ether oxygens (including phenoxy) is 1. The molecule has 1 N–H and O–H groups in total. The topological polar surface area (TPSA) is 29.5 Å². The van der Waals surface area contributed by atoms with E-state index in [4.69, 9.17) is 4.74 Å². The second-order valence-electron chi connectivity index (χ2n) is 4.46. The smallest absolute Gasteiger partial charge is 0.125 e. The number of para-hydroxylation sites is 1. The van der Waals surface area contributed by atoms with E-state index in [1.54, 1.807) is 0 Å². The van der Waals surface area contributed by atoms with Crippen LogP contribution in [0.3, 0.4) is 0 Å². The number of aliphatic hydroxyl groups is 1. The summed E-state index contributed by atoms with van der Waals surface area (Å²) in [6.45, 7) is 2.60. The van der Waals surface area contributed by atoms with E-state index in [2.05, 4.69) is 12.2 Å². The van der Waals surface area contributed by atoms with Crippen molar-refractivity contribution in [2.75, 3.05) is 6.61 Å². The van der Waals surface area contributed by atoms with E-state index in [0.29, 0.717) is 12.5 Å². The van der Waals surface area contributed by atoms with Gasteiger partial charge in [0.1, 0.15) is 5.75 Å². The first-order valence-electron chi connectivity index (χ1n) is 6.37. The van der Waals surface area contributed by atoms with Gasteiger partial charge in [-0.25, -0.2) is 0 Å². The zero-order valence-electron chi connectivity index (χ0n) is 10.3. The van der Waals surface area contributed by atoms with Crippen molar-refractivity contribution < 1.29 is 9.84 Å². The summed E-state index contributed by atoms with van der Waals surface area (Å²) in [5, 5.41) is 10.4. The van der Waals surface area contributed by atoms with Crippen LogP contribution in [0.4, 0.5) is 0 Å². The SMILES string of the molecule is CCOc1ccccc1C(O)C1CC=CCC1. The third-order valence-electron chi connectivity index (χ3n) is 3.29. The van der Waals surface area contributed by atoms with Crippen LogP contribution in [0.5, 0.6) is 5.75 Å². The number of hydrogen-bond donors (Lipinski definition) is 1. The molecule has 0 saturated heterocycles. The molecule has 2 rings (SSSR count). The Morgan fingerprint density at radius 1 is 1.35 bits per heavy atom.